The largest absolute Gasteiger partial charge is 0.478 e. The maximum atomic E-state index is 12.5. The van der Waals surface area contributed by atoms with Crippen LogP contribution in [0.15, 0.2) is 60.8 Å². The normalized spacial score (nSPS) is 14.9. The number of aromatic carboxylic acids is 1. The number of benzene rings is 2. The van der Waals surface area contributed by atoms with E-state index in [1.807, 2.05) is 6.07 Å². The first-order valence-corrected chi connectivity index (χ1v) is 10.8. The van der Waals surface area contributed by atoms with Gasteiger partial charge in [0.1, 0.15) is 0 Å². The number of rotatable bonds is 8. The summed E-state index contributed by atoms with van der Waals surface area (Å²) in [5, 5.41) is 20.0. The van der Waals surface area contributed by atoms with E-state index in [4.69, 9.17) is 5.11 Å². The molecule has 0 aliphatic carbocycles. The highest BCUT2D eigenvalue weighted by Gasteiger charge is 2.20. The summed E-state index contributed by atoms with van der Waals surface area (Å²) in [6.07, 6.45) is 3.74. The standard InChI is InChI=1S/C24H27N5O3/c30-23(22-17-29(27-26-22)16-20-6-8-21(9-7-20)24(31)32)25-14-18-10-12-28(13-11-18)15-19-4-2-1-3-5-19/h1-9,17-18H,10-16H2,(H,25,30)(H,31,32). The van der Waals surface area contributed by atoms with Crippen molar-refractivity contribution in [1.29, 1.82) is 0 Å². The van der Waals surface area contributed by atoms with Gasteiger partial charge in [0.05, 0.1) is 18.3 Å². The van der Waals surface area contributed by atoms with Crippen LogP contribution in [0.3, 0.4) is 0 Å². The highest BCUT2D eigenvalue weighted by atomic mass is 16.4. The number of aromatic nitrogens is 3. The van der Waals surface area contributed by atoms with Crippen LogP contribution in [0.5, 0.6) is 0 Å². The predicted molar refractivity (Wildman–Crippen MR) is 119 cm³/mol. The predicted octanol–water partition coefficient (Wildman–Crippen LogP) is 2.67. The third-order valence-electron chi connectivity index (χ3n) is 5.82. The Morgan fingerprint density at radius 1 is 0.969 bits per heavy atom. The van der Waals surface area contributed by atoms with Crippen LogP contribution in [0.2, 0.25) is 0 Å². The van der Waals surface area contributed by atoms with Gasteiger partial charge in [0, 0.05) is 13.1 Å². The minimum absolute atomic E-state index is 0.218. The second-order valence-corrected chi connectivity index (χ2v) is 8.22. The van der Waals surface area contributed by atoms with Crippen LogP contribution in [-0.2, 0) is 13.1 Å². The number of nitrogens with zero attached hydrogens (tertiary/aromatic N) is 4. The Hall–Kier alpha value is -3.52. The first kappa shape index (κ1) is 21.7. The van der Waals surface area contributed by atoms with E-state index in [-0.39, 0.29) is 17.2 Å². The van der Waals surface area contributed by atoms with Crippen LogP contribution in [0, 0.1) is 5.92 Å². The first-order valence-electron chi connectivity index (χ1n) is 10.8. The molecule has 2 aromatic carbocycles. The molecule has 0 radical (unpaired) electrons. The lowest BCUT2D eigenvalue weighted by atomic mass is 9.96. The van der Waals surface area contributed by atoms with Crippen LogP contribution >= 0.6 is 0 Å². The zero-order chi connectivity index (χ0) is 22.3. The van der Waals surface area contributed by atoms with Gasteiger partial charge in [-0.05, 0) is 55.1 Å². The van der Waals surface area contributed by atoms with E-state index in [0.717, 1.165) is 38.0 Å². The molecule has 32 heavy (non-hydrogen) atoms. The molecule has 0 unspecified atom stereocenters. The number of hydrogen-bond acceptors (Lipinski definition) is 5. The molecule has 0 spiro atoms. The average molecular weight is 434 g/mol. The SMILES string of the molecule is O=C(O)c1ccc(Cn2cc(C(=O)NCC3CCN(Cc4ccccc4)CC3)nn2)cc1. The molecular weight excluding hydrogens is 406 g/mol. The molecule has 2 heterocycles. The number of nitrogens with one attached hydrogen (secondary N) is 1. The molecule has 8 nitrogen and oxygen atoms in total. The highest BCUT2D eigenvalue weighted by molar-refractivity contribution is 5.91. The topological polar surface area (TPSA) is 100 Å². The third kappa shape index (κ3) is 5.79. The summed E-state index contributed by atoms with van der Waals surface area (Å²) in [5.74, 6) is -0.712. The first-order chi connectivity index (χ1) is 15.6. The minimum Gasteiger partial charge on any atom is -0.478 e. The van der Waals surface area contributed by atoms with Crippen molar-refractivity contribution in [2.24, 2.45) is 5.92 Å². The van der Waals surface area contributed by atoms with E-state index < -0.39 is 5.97 Å². The van der Waals surface area contributed by atoms with E-state index >= 15 is 0 Å². The number of carbonyl (C=O) groups is 2. The van der Waals surface area contributed by atoms with Crippen LogP contribution in [0.25, 0.3) is 0 Å². The van der Waals surface area contributed by atoms with Crippen molar-refractivity contribution in [1.82, 2.24) is 25.2 Å². The number of carboxylic acid groups (broad SMARTS) is 1. The molecule has 2 N–H and O–H groups in total. The maximum absolute atomic E-state index is 12.5. The monoisotopic (exact) mass is 433 g/mol. The van der Waals surface area contributed by atoms with Crippen LogP contribution in [0.1, 0.15) is 44.8 Å². The van der Waals surface area contributed by atoms with Crippen LogP contribution < -0.4 is 5.32 Å². The Morgan fingerprint density at radius 3 is 2.34 bits per heavy atom. The second kappa shape index (κ2) is 10.2. The van der Waals surface area contributed by atoms with E-state index in [1.54, 1.807) is 35.1 Å². The summed E-state index contributed by atoms with van der Waals surface area (Å²) in [7, 11) is 0. The molecule has 1 aliphatic rings. The Bertz CT molecular complexity index is 1040. The van der Waals surface area contributed by atoms with Crippen molar-refractivity contribution in [3.8, 4) is 0 Å². The summed E-state index contributed by atoms with van der Waals surface area (Å²) in [5.41, 5.74) is 2.74. The van der Waals surface area contributed by atoms with Gasteiger partial charge in [0.15, 0.2) is 5.69 Å². The van der Waals surface area contributed by atoms with Gasteiger partial charge >= 0.3 is 5.97 Å². The molecule has 166 valence electrons. The van der Waals surface area contributed by atoms with Gasteiger partial charge in [0.2, 0.25) is 0 Å². The lowest BCUT2D eigenvalue weighted by Crippen LogP contribution is -2.38. The van der Waals surface area contributed by atoms with Crippen molar-refractivity contribution in [3.63, 3.8) is 0 Å². The maximum Gasteiger partial charge on any atom is 0.335 e. The van der Waals surface area contributed by atoms with E-state index in [2.05, 4.69) is 44.8 Å². The average Bonchev–Trinajstić information content (AvgIpc) is 3.28. The fourth-order valence-electron chi connectivity index (χ4n) is 3.94. The van der Waals surface area contributed by atoms with Crippen LogP contribution in [-0.4, -0.2) is 56.5 Å². The number of amides is 1. The Morgan fingerprint density at radius 2 is 1.66 bits per heavy atom. The summed E-state index contributed by atoms with van der Waals surface area (Å²) in [6.45, 7) is 4.10. The molecule has 0 saturated carbocycles. The summed E-state index contributed by atoms with van der Waals surface area (Å²) in [6, 6.07) is 17.1. The van der Waals surface area contributed by atoms with Crippen molar-refractivity contribution in [2.75, 3.05) is 19.6 Å². The Balaban J connectivity index is 1.21. The van der Waals surface area contributed by atoms with Crippen molar-refractivity contribution in [2.45, 2.75) is 25.9 Å². The van der Waals surface area contributed by atoms with Gasteiger partial charge in [0.25, 0.3) is 5.91 Å². The fourth-order valence-corrected chi connectivity index (χ4v) is 3.94. The quantitative estimate of drug-likeness (QED) is 0.567. The zero-order valence-corrected chi connectivity index (χ0v) is 17.9. The van der Waals surface area contributed by atoms with Crippen molar-refractivity contribution >= 4 is 11.9 Å². The molecule has 0 bridgehead atoms. The number of carboxylic acids is 1. The Kier molecular flexibility index (Phi) is 6.91. The van der Waals surface area contributed by atoms with Crippen molar-refractivity contribution in [3.05, 3.63) is 83.2 Å². The highest BCUT2D eigenvalue weighted by Crippen LogP contribution is 2.18. The van der Waals surface area contributed by atoms with Gasteiger partial charge in [-0.3, -0.25) is 9.69 Å². The van der Waals surface area contributed by atoms with Crippen LogP contribution in [0.4, 0.5) is 0 Å². The number of hydrogen-bond donors (Lipinski definition) is 2. The number of carbonyl (C=O) groups excluding carboxylic acids is 1. The summed E-state index contributed by atoms with van der Waals surface area (Å²) >= 11 is 0. The fraction of sp³-hybridized carbons (Fsp3) is 0.333. The van der Waals surface area contributed by atoms with Gasteiger partial charge in [-0.15, -0.1) is 5.10 Å². The second-order valence-electron chi connectivity index (χ2n) is 8.22. The molecule has 1 saturated heterocycles. The van der Waals surface area contributed by atoms with Gasteiger partial charge in [-0.1, -0.05) is 47.7 Å². The molecule has 8 heteroatoms. The summed E-state index contributed by atoms with van der Waals surface area (Å²) in [4.78, 5) is 25.9. The smallest absolute Gasteiger partial charge is 0.335 e. The van der Waals surface area contributed by atoms with E-state index in [1.165, 1.54) is 5.56 Å². The summed E-state index contributed by atoms with van der Waals surface area (Å²) < 4.78 is 1.58. The van der Waals surface area contributed by atoms with E-state index in [0.29, 0.717) is 19.0 Å². The molecule has 1 aromatic heterocycles. The molecule has 1 aliphatic heterocycles. The molecular formula is C24H27N5O3. The third-order valence-corrected chi connectivity index (χ3v) is 5.82. The molecule has 3 aromatic rings. The van der Waals surface area contributed by atoms with Crippen molar-refractivity contribution < 1.29 is 14.7 Å². The Labute approximate surface area is 186 Å². The lowest BCUT2D eigenvalue weighted by molar-refractivity contribution is 0.0696. The molecule has 1 fully saturated rings. The lowest BCUT2D eigenvalue weighted by Gasteiger charge is -2.32. The number of piperidine rings is 1. The zero-order valence-electron chi connectivity index (χ0n) is 17.9. The number of likely N-dealkylation sites (tertiary alicyclic amines) is 1. The molecule has 0 atom stereocenters. The van der Waals surface area contributed by atoms with Gasteiger partial charge in [-0.25, -0.2) is 9.48 Å². The van der Waals surface area contributed by atoms with Gasteiger partial charge < -0.3 is 10.4 Å². The molecule has 4 rings (SSSR count). The van der Waals surface area contributed by atoms with Gasteiger partial charge in [-0.2, -0.15) is 0 Å². The minimum atomic E-state index is -0.960. The van der Waals surface area contributed by atoms with E-state index in [9.17, 15) is 9.59 Å². The molecule has 1 amide bonds.